The van der Waals surface area contributed by atoms with Crippen molar-refractivity contribution >= 4 is 0 Å². The van der Waals surface area contributed by atoms with Crippen molar-refractivity contribution in [2.24, 2.45) is 0 Å². The molecule has 0 radical (unpaired) electrons. The number of aromatic nitrogens is 3. The molecule has 1 aliphatic carbocycles. The lowest BCUT2D eigenvalue weighted by Crippen LogP contribution is -2.33. The summed E-state index contributed by atoms with van der Waals surface area (Å²) in [5.41, 5.74) is -0.288. The van der Waals surface area contributed by atoms with Crippen molar-refractivity contribution < 1.29 is 4.74 Å². The van der Waals surface area contributed by atoms with Gasteiger partial charge in [-0.15, -0.1) is 0 Å². The molecule has 1 heterocycles. The van der Waals surface area contributed by atoms with E-state index in [1.54, 1.807) is 0 Å². The van der Waals surface area contributed by atoms with Gasteiger partial charge in [0.1, 0.15) is 6.61 Å². The Morgan fingerprint density at radius 2 is 2.18 bits per heavy atom. The van der Waals surface area contributed by atoms with Crippen LogP contribution in [-0.4, -0.2) is 34.4 Å². The first-order valence-electron chi connectivity index (χ1n) is 6.29. The van der Waals surface area contributed by atoms with E-state index >= 15 is 0 Å². The maximum Gasteiger partial charge on any atom is 0.340 e. The lowest BCUT2D eigenvalue weighted by atomic mass is 9.96. The third-order valence-electron chi connectivity index (χ3n) is 3.07. The highest BCUT2D eigenvalue weighted by Gasteiger charge is 2.11. The lowest BCUT2D eigenvalue weighted by Gasteiger charge is -2.22. The molecule has 1 aromatic rings. The van der Waals surface area contributed by atoms with E-state index in [4.69, 9.17) is 4.74 Å². The van der Waals surface area contributed by atoms with Crippen molar-refractivity contribution in [1.29, 1.82) is 0 Å². The van der Waals surface area contributed by atoms with E-state index in [0.29, 0.717) is 25.1 Å². The number of aromatic amines is 2. The largest absolute Gasteiger partial charge is 0.372 e. The Morgan fingerprint density at radius 1 is 1.35 bits per heavy atom. The van der Waals surface area contributed by atoms with E-state index in [0.717, 1.165) is 6.54 Å². The zero-order valence-electron chi connectivity index (χ0n) is 10.00. The number of ether oxygens (including phenoxy) is 1. The zero-order valence-corrected chi connectivity index (χ0v) is 10.00. The van der Waals surface area contributed by atoms with Crippen LogP contribution < -0.4 is 11.0 Å². The second-order valence-electron chi connectivity index (χ2n) is 4.47. The van der Waals surface area contributed by atoms with Gasteiger partial charge in [0.05, 0.1) is 6.61 Å². The zero-order chi connectivity index (χ0) is 11.9. The number of nitrogens with zero attached hydrogens (tertiary/aromatic N) is 1. The number of nitrogens with one attached hydrogen (secondary N) is 3. The number of rotatable bonds is 6. The van der Waals surface area contributed by atoms with Gasteiger partial charge in [-0.05, 0) is 12.8 Å². The van der Waals surface area contributed by atoms with E-state index in [2.05, 4.69) is 20.5 Å². The minimum absolute atomic E-state index is 0.288. The van der Waals surface area contributed by atoms with Crippen molar-refractivity contribution in [1.82, 2.24) is 20.5 Å². The summed E-state index contributed by atoms with van der Waals surface area (Å²) < 4.78 is 5.41. The van der Waals surface area contributed by atoms with Gasteiger partial charge in [0, 0.05) is 12.6 Å². The molecule has 2 rings (SSSR count). The fourth-order valence-electron chi connectivity index (χ4n) is 2.18. The standard InChI is InChI=1S/C11H20N4O2/c16-11-13-10(14-15-11)8-17-7-6-12-9-4-2-1-3-5-9/h9,12H,1-8H2,(H2,13,14,15,16). The maximum atomic E-state index is 10.7. The van der Waals surface area contributed by atoms with Gasteiger partial charge in [-0.3, -0.25) is 4.98 Å². The average molecular weight is 240 g/mol. The van der Waals surface area contributed by atoms with Gasteiger partial charge < -0.3 is 10.1 Å². The van der Waals surface area contributed by atoms with Gasteiger partial charge in [-0.25, -0.2) is 9.89 Å². The number of hydrogen-bond acceptors (Lipinski definition) is 4. The second-order valence-corrected chi connectivity index (χ2v) is 4.47. The van der Waals surface area contributed by atoms with Crippen molar-refractivity contribution in [2.45, 2.75) is 44.8 Å². The third-order valence-corrected chi connectivity index (χ3v) is 3.07. The van der Waals surface area contributed by atoms with Gasteiger partial charge >= 0.3 is 5.69 Å². The molecule has 6 heteroatoms. The SMILES string of the molecule is O=c1[nH]nc(COCCNC2CCCCC2)[nH]1. The molecule has 1 saturated carbocycles. The molecule has 0 spiro atoms. The molecule has 1 fully saturated rings. The van der Waals surface area contributed by atoms with E-state index in [1.807, 2.05) is 0 Å². The van der Waals surface area contributed by atoms with Crippen LogP contribution in [0.1, 0.15) is 37.9 Å². The average Bonchev–Trinajstić information content (AvgIpc) is 2.76. The first-order valence-corrected chi connectivity index (χ1v) is 6.29. The smallest absolute Gasteiger partial charge is 0.340 e. The molecule has 0 atom stereocenters. The Bertz CT molecular complexity index is 368. The van der Waals surface area contributed by atoms with Crippen LogP contribution in [0, 0.1) is 0 Å². The van der Waals surface area contributed by atoms with Gasteiger partial charge in [0.25, 0.3) is 0 Å². The molecule has 1 aromatic heterocycles. The van der Waals surface area contributed by atoms with Crippen molar-refractivity contribution in [3.05, 3.63) is 16.3 Å². The van der Waals surface area contributed by atoms with Crippen LogP contribution in [0.5, 0.6) is 0 Å². The molecule has 96 valence electrons. The molecule has 1 aliphatic rings. The van der Waals surface area contributed by atoms with Gasteiger partial charge in [0.2, 0.25) is 0 Å². The summed E-state index contributed by atoms with van der Waals surface area (Å²) in [6.07, 6.45) is 6.63. The van der Waals surface area contributed by atoms with Crippen LogP contribution in [0.2, 0.25) is 0 Å². The van der Waals surface area contributed by atoms with Crippen LogP contribution in [0.4, 0.5) is 0 Å². The number of H-pyrrole nitrogens is 2. The molecule has 0 aliphatic heterocycles. The van der Waals surface area contributed by atoms with Gasteiger partial charge in [-0.1, -0.05) is 19.3 Å². The van der Waals surface area contributed by atoms with Gasteiger partial charge in [-0.2, -0.15) is 5.10 Å². The highest BCUT2D eigenvalue weighted by molar-refractivity contribution is 4.76. The highest BCUT2D eigenvalue weighted by atomic mass is 16.5. The molecule has 0 bridgehead atoms. The fourth-order valence-corrected chi connectivity index (χ4v) is 2.18. The van der Waals surface area contributed by atoms with Gasteiger partial charge in [0.15, 0.2) is 5.82 Å². The molecule has 0 amide bonds. The van der Waals surface area contributed by atoms with Crippen LogP contribution in [0.25, 0.3) is 0 Å². The first kappa shape index (κ1) is 12.3. The van der Waals surface area contributed by atoms with Crippen molar-refractivity contribution in [3.63, 3.8) is 0 Å². The van der Waals surface area contributed by atoms with E-state index in [9.17, 15) is 4.79 Å². The Kier molecular flexibility index (Phi) is 4.75. The molecule has 0 unspecified atom stereocenters. The molecule has 0 aromatic carbocycles. The predicted molar refractivity (Wildman–Crippen MR) is 63.7 cm³/mol. The predicted octanol–water partition coefficient (Wildman–Crippen LogP) is 0.537. The maximum absolute atomic E-state index is 10.7. The highest BCUT2D eigenvalue weighted by Crippen LogP contribution is 2.16. The van der Waals surface area contributed by atoms with E-state index in [-0.39, 0.29) is 5.69 Å². The van der Waals surface area contributed by atoms with E-state index < -0.39 is 0 Å². The quantitative estimate of drug-likeness (QED) is 0.634. The molecule has 6 nitrogen and oxygen atoms in total. The topological polar surface area (TPSA) is 82.8 Å². The first-order chi connectivity index (χ1) is 8.34. The Labute approximate surface area is 100 Å². The monoisotopic (exact) mass is 240 g/mol. The third kappa shape index (κ3) is 4.32. The van der Waals surface area contributed by atoms with Crippen LogP contribution in [-0.2, 0) is 11.3 Å². The normalized spacial score (nSPS) is 17.4. The minimum atomic E-state index is -0.288. The van der Waals surface area contributed by atoms with E-state index in [1.165, 1.54) is 32.1 Å². The minimum Gasteiger partial charge on any atom is -0.372 e. The summed E-state index contributed by atoms with van der Waals surface area (Å²) in [5.74, 6) is 0.549. The summed E-state index contributed by atoms with van der Waals surface area (Å²) >= 11 is 0. The number of hydrogen-bond donors (Lipinski definition) is 3. The molecular weight excluding hydrogens is 220 g/mol. The Balaban J connectivity index is 1.52. The summed E-state index contributed by atoms with van der Waals surface area (Å²) in [4.78, 5) is 13.3. The Morgan fingerprint density at radius 3 is 2.88 bits per heavy atom. The van der Waals surface area contributed by atoms with Crippen LogP contribution in [0.3, 0.4) is 0 Å². The summed E-state index contributed by atoms with van der Waals surface area (Å²) in [6, 6.07) is 0.664. The lowest BCUT2D eigenvalue weighted by molar-refractivity contribution is 0.114. The summed E-state index contributed by atoms with van der Waals surface area (Å²) in [7, 11) is 0. The van der Waals surface area contributed by atoms with Crippen molar-refractivity contribution in [2.75, 3.05) is 13.2 Å². The molecule has 3 N–H and O–H groups in total. The second kappa shape index (κ2) is 6.56. The van der Waals surface area contributed by atoms with Crippen molar-refractivity contribution in [3.8, 4) is 0 Å². The summed E-state index contributed by atoms with van der Waals surface area (Å²) in [6.45, 7) is 1.86. The molecular formula is C11H20N4O2. The Hall–Kier alpha value is -1.14. The molecule has 17 heavy (non-hydrogen) atoms. The van der Waals surface area contributed by atoms with Crippen LogP contribution >= 0.6 is 0 Å². The molecule has 0 saturated heterocycles. The van der Waals surface area contributed by atoms with Crippen LogP contribution in [0.15, 0.2) is 4.79 Å². The summed E-state index contributed by atoms with van der Waals surface area (Å²) in [5, 5.41) is 9.56. The fraction of sp³-hybridized carbons (Fsp3) is 0.818.